The second-order valence-electron chi connectivity index (χ2n) is 6.68. The first-order valence-corrected chi connectivity index (χ1v) is 9.28. The zero-order chi connectivity index (χ0) is 19.3. The number of pyridine rings is 1. The molecule has 1 saturated heterocycles. The van der Waals surface area contributed by atoms with Gasteiger partial charge in [-0.25, -0.2) is 4.39 Å². The molecule has 1 aliphatic rings. The fourth-order valence-electron chi connectivity index (χ4n) is 3.31. The minimum absolute atomic E-state index is 0.242. The molecule has 2 N–H and O–H groups in total. The van der Waals surface area contributed by atoms with Crippen LogP contribution in [0.25, 0.3) is 23.4 Å². The molecule has 140 valence electrons. The van der Waals surface area contributed by atoms with E-state index in [1.807, 2.05) is 30.4 Å². The molecule has 1 aliphatic heterocycles. The number of piperazine rings is 1. The predicted octanol–water partition coefficient (Wildman–Crippen LogP) is 3.78. The maximum Gasteiger partial charge on any atom is 0.123 e. The summed E-state index contributed by atoms with van der Waals surface area (Å²) in [4.78, 5) is 10.2. The molecular formula is C23H21FN4. The van der Waals surface area contributed by atoms with Gasteiger partial charge in [-0.3, -0.25) is 4.98 Å². The van der Waals surface area contributed by atoms with Crippen LogP contribution in [0.1, 0.15) is 16.8 Å². The Hall–Kier alpha value is -3.36. The third kappa shape index (κ3) is 3.98. The van der Waals surface area contributed by atoms with Gasteiger partial charge >= 0.3 is 0 Å². The van der Waals surface area contributed by atoms with Crippen LogP contribution in [0.3, 0.4) is 0 Å². The van der Waals surface area contributed by atoms with Crippen LogP contribution in [0.15, 0.2) is 48.7 Å². The Morgan fingerprint density at radius 1 is 1.07 bits per heavy atom. The average Bonchev–Trinajstić information content (AvgIpc) is 3.19. The maximum absolute atomic E-state index is 13.0. The third-order valence-electron chi connectivity index (χ3n) is 4.79. The number of rotatable bonds is 4. The highest BCUT2D eigenvalue weighted by atomic mass is 19.1. The van der Waals surface area contributed by atoms with Crippen molar-refractivity contribution >= 4 is 18.0 Å². The van der Waals surface area contributed by atoms with E-state index < -0.39 is 0 Å². The molecule has 0 amide bonds. The standard InChI is InChI=1S/C23H21FN4/c1-2-18-16-22(27-23(18)28-13-11-25-12-14-28)19-9-10-26-21(15-19)8-5-17-3-6-20(24)7-4-17/h1,3-10,15-16,25,27H,11-14H2/b8-5+. The summed E-state index contributed by atoms with van der Waals surface area (Å²) in [6.07, 6.45) is 11.3. The topological polar surface area (TPSA) is 44.0 Å². The molecule has 28 heavy (non-hydrogen) atoms. The van der Waals surface area contributed by atoms with Gasteiger partial charge < -0.3 is 15.2 Å². The Kier molecular flexibility index (Phi) is 5.22. The monoisotopic (exact) mass is 372 g/mol. The van der Waals surface area contributed by atoms with E-state index in [1.54, 1.807) is 18.3 Å². The normalized spacial score (nSPS) is 14.4. The lowest BCUT2D eigenvalue weighted by Crippen LogP contribution is -2.44. The summed E-state index contributed by atoms with van der Waals surface area (Å²) in [7, 11) is 0. The van der Waals surface area contributed by atoms with Crippen LogP contribution in [-0.4, -0.2) is 36.1 Å². The summed E-state index contributed by atoms with van der Waals surface area (Å²) in [6, 6.07) is 12.3. The lowest BCUT2D eigenvalue weighted by molar-refractivity contribution is 0.585. The van der Waals surface area contributed by atoms with Crippen LogP contribution < -0.4 is 10.2 Å². The molecule has 1 fully saturated rings. The smallest absolute Gasteiger partial charge is 0.123 e. The minimum Gasteiger partial charge on any atom is -0.355 e. The van der Waals surface area contributed by atoms with E-state index in [1.165, 1.54) is 12.1 Å². The number of aromatic nitrogens is 2. The Balaban J connectivity index is 1.59. The second kappa shape index (κ2) is 8.12. The average molecular weight is 372 g/mol. The minimum atomic E-state index is -0.242. The van der Waals surface area contributed by atoms with E-state index in [9.17, 15) is 4.39 Å². The first-order valence-electron chi connectivity index (χ1n) is 9.28. The van der Waals surface area contributed by atoms with E-state index in [2.05, 4.69) is 26.1 Å². The van der Waals surface area contributed by atoms with Gasteiger partial charge in [-0.05, 0) is 42.0 Å². The van der Waals surface area contributed by atoms with Crippen molar-refractivity contribution in [2.45, 2.75) is 0 Å². The molecule has 0 saturated carbocycles. The van der Waals surface area contributed by atoms with Gasteiger partial charge in [0.15, 0.2) is 0 Å². The summed E-state index contributed by atoms with van der Waals surface area (Å²) in [6.45, 7) is 3.76. The van der Waals surface area contributed by atoms with Gasteiger partial charge in [0, 0.05) is 43.6 Å². The molecule has 3 aromatic rings. The molecule has 2 aromatic heterocycles. The SMILES string of the molecule is C#Cc1cc(-c2ccnc(/C=C/c3ccc(F)cc3)c2)[nH]c1N1CCNCC1. The van der Waals surface area contributed by atoms with E-state index >= 15 is 0 Å². The molecule has 4 nitrogen and oxygen atoms in total. The van der Waals surface area contributed by atoms with Crippen LogP contribution in [-0.2, 0) is 0 Å². The number of terminal acetylenes is 1. The van der Waals surface area contributed by atoms with Crippen molar-refractivity contribution in [2.24, 2.45) is 0 Å². The van der Waals surface area contributed by atoms with Gasteiger partial charge in [0.1, 0.15) is 11.6 Å². The van der Waals surface area contributed by atoms with E-state index in [0.29, 0.717) is 0 Å². The Morgan fingerprint density at radius 2 is 1.86 bits per heavy atom. The number of H-pyrrole nitrogens is 1. The predicted molar refractivity (Wildman–Crippen MR) is 112 cm³/mol. The van der Waals surface area contributed by atoms with Gasteiger partial charge in [0.25, 0.3) is 0 Å². The summed E-state index contributed by atoms with van der Waals surface area (Å²) in [5.41, 5.74) is 4.61. The van der Waals surface area contributed by atoms with Crippen molar-refractivity contribution in [1.82, 2.24) is 15.3 Å². The van der Waals surface area contributed by atoms with Crippen molar-refractivity contribution in [3.8, 4) is 23.6 Å². The highest BCUT2D eigenvalue weighted by Gasteiger charge is 2.17. The zero-order valence-corrected chi connectivity index (χ0v) is 15.5. The van der Waals surface area contributed by atoms with Crippen molar-refractivity contribution < 1.29 is 4.39 Å². The van der Waals surface area contributed by atoms with Gasteiger partial charge in [-0.1, -0.05) is 24.1 Å². The molecule has 0 spiro atoms. The lowest BCUT2D eigenvalue weighted by atomic mass is 10.1. The molecule has 0 unspecified atom stereocenters. The van der Waals surface area contributed by atoms with Crippen molar-refractivity contribution in [3.63, 3.8) is 0 Å². The van der Waals surface area contributed by atoms with E-state index in [4.69, 9.17) is 6.42 Å². The number of aromatic amines is 1. The van der Waals surface area contributed by atoms with Crippen LogP contribution >= 0.6 is 0 Å². The van der Waals surface area contributed by atoms with E-state index in [-0.39, 0.29) is 5.82 Å². The zero-order valence-electron chi connectivity index (χ0n) is 15.5. The molecule has 5 heteroatoms. The largest absolute Gasteiger partial charge is 0.355 e. The van der Waals surface area contributed by atoms with Crippen LogP contribution in [0.4, 0.5) is 10.2 Å². The Bertz CT molecular complexity index is 1020. The molecule has 0 radical (unpaired) electrons. The summed E-state index contributed by atoms with van der Waals surface area (Å²) >= 11 is 0. The fraction of sp³-hybridized carbons (Fsp3) is 0.174. The lowest BCUT2D eigenvalue weighted by Gasteiger charge is -2.28. The van der Waals surface area contributed by atoms with Crippen molar-refractivity contribution in [1.29, 1.82) is 0 Å². The number of anilines is 1. The number of hydrogen-bond acceptors (Lipinski definition) is 3. The van der Waals surface area contributed by atoms with Gasteiger partial charge in [-0.2, -0.15) is 0 Å². The molecule has 1 aromatic carbocycles. The van der Waals surface area contributed by atoms with Crippen molar-refractivity contribution in [3.05, 3.63) is 71.3 Å². The molecule has 0 aliphatic carbocycles. The third-order valence-corrected chi connectivity index (χ3v) is 4.79. The van der Waals surface area contributed by atoms with E-state index in [0.717, 1.165) is 60.1 Å². The number of benzene rings is 1. The van der Waals surface area contributed by atoms with Gasteiger partial charge in [-0.15, -0.1) is 6.42 Å². The summed E-state index contributed by atoms with van der Waals surface area (Å²) in [5, 5.41) is 3.35. The number of halogens is 1. The van der Waals surface area contributed by atoms with Crippen molar-refractivity contribution in [2.75, 3.05) is 31.1 Å². The summed E-state index contributed by atoms with van der Waals surface area (Å²) in [5.74, 6) is 3.55. The Labute approximate surface area is 164 Å². The Morgan fingerprint density at radius 3 is 2.61 bits per heavy atom. The molecule has 4 rings (SSSR count). The molecule has 0 atom stereocenters. The molecular weight excluding hydrogens is 351 g/mol. The first kappa shape index (κ1) is 18.0. The van der Waals surface area contributed by atoms with Crippen LogP contribution in [0, 0.1) is 18.2 Å². The second-order valence-corrected chi connectivity index (χ2v) is 6.68. The number of hydrogen-bond donors (Lipinski definition) is 2. The fourth-order valence-corrected chi connectivity index (χ4v) is 3.31. The number of nitrogens with zero attached hydrogens (tertiary/aromatic N) is 2. The van der Waals surface area contributed by atoms with Gasteiger partial charge in [0.05, 0.1) is 11.3 Å². The highest BCUT2D eigenvalue weighted by molar-refractivity contribution is 5.73. The first-order chi connectivity index (χ1) is 13.7. The highest BCUT2D eigenvalue weighted by Crippen LogP contribution is 2.28. The maximum atomic E-state index is 13.0. The van der Waals surface area contributed by atoms with Gasteiger partial charge in [0.2, 0.25) is 0 Å². The number of nitrogens with one attached hydrogen (secondary N) is 2. The molecule has 0 bridgehead atoms. The summed E-state index contributed by atoms with van der Waals surface area (Å²) < 4.78 is 13.0. The van der Waals surface area contributed by atoms with Crippen LogP contribution in [0.5, 0.6) is 0 Å². The quantitative estimate of drug-likeness (QED) is 0.685. The van der Waals surface area contributed by atoms with Crippen LogP contribution in [0.2, 0.25) is 0 Å². The molecule has 3 heterocycles.